The molecule has 0 aliphatic carbocycles. The number of aliphatic carboxylic acids is 1. The molecule has 239 valence electrons. The van der Waals surface area contributed by atoms with Crippen LogP contribution in [0.2, 0.25) is 0 Å². The minimum atomic E-state index is -1.32. The number of hydrogen-bond donors (Lipinski definition) is 6. The van der Waals surface area contributed by atoms with E-state index in [1.807, 2.05) is 0 Å². The standard InChI is InChI=1S/C22H23N11O9S3.Na/c1-41-28-11(15-26-21(23)45-29-15)16(37)25-12-18(38)33-13(20(39)40)8(6-43-19(12)33)7-44-22-27-30-31-32(22)5-9-4-10(35)14(36)17(24-9)42-3-2-34;/h4,12,19,34,36H,2-3,5-7H2,1H3,(H,24,35)(H,25,37)(H,39,40)(H2,23,26,29);/b28-11-;/t12-,19-;/m1./s1. The Bertz CT molecular complexity index is 1760. The van der Waals surface area contributed by atoms with E-state index in [0.717, 1.165) is 34.3 Å². The number of aromatic hydroxyl groups is 1. The number of nitrogens with two attached hydrogens (primary N) is 1. The number of oxime groups is 1. The number of aliphatic hydroxyl groups is 1. The van der Waals surface area contributed by atoms with Gasteiger partial charge in [-0.25, -0.2) is 9.48 Å². The molecule has 0 spiro atoms. The van der Waals surface area contributed by atoms with E-state index < -0.39 is 40.4 Å². The van der Waals surface area contributed by atoms with Gasteiger partial charge in [0.2, 0.25) is 33.8 Å². The Balaban J connectivity index is 0.00000480. The number of aliphatic hydroxyl groups excluding tert-OH is 1. The molecule has 5 rings (SSSR count). The van der Waals surface area contributed by atoms with Crippen LogP contribution in [-0.2, 0) is 25.8 Å². The van der Waals surface area contributed by atoms with Gasteiger partial charge in [0.1, 0.15) is 30.8 Å². The third kappa shape index (κ3) is 7.29. The van der Waals surface area contributed by atoms with Crippen LogP contribution in [0.1, 0.15) is 11.5 Å². The zero-order valence-electron chi connectivity index (χ0n) is 23.9. The summed E-state index contributed by atoms with van der Waals surface area (Å²) in [6.45, 7) is -0.532. The number of H-pyrrole nitrogens is 1. The molecule has 0 aromatic carbocycles. The molecule has 5 heterocycles. The first-order chi connectivity index (χ1) is 21.6. The number of pyridine rings is 1. The first-order valence-corrected chi connectivity index (χ1v) is 15.4. The fraction of sp³-hybridized carbons (Fsp3) is 0.364. The zero-order chi connectivity index (χ0) is 32.2. The number of nitrogens with one attached hydrogen (secondary N) is 2. The summed E-state index contributed by atoms with van der Waals surface area (Å²) in [5.74, 6) is -3.40. The smallest absolute Gasteiger partial charge is 0.352 e. The molecule has 3 aromatic heterocycles. The van der Waals surface area contributed by atoms with Gasteiger partial charge in [0.15, 0.2) is 5.13 Å². The predicted molar refractivity (Wildman–Crippen MR) is 162 cm³/mol. The summed E-state index contributed by atoms with van der Waals surface area (Å²) < 4.78 is 10.4. The first kappa shape index (κ1) is 35.1. The summed E-state index contributed by atoms with van der Waals surface area (Å²) in [6, 6.07) is 0.0906. The first-order valence-electron chi connectivity index (χ1n) is 12.6. The van der Waals surface area contributed by atoms with Gasteiger partial charge in [-0.2, -0.15) is 9.36 Å². The molecule has 1 radical (unpaired) electrons. The maximum absolute atomic E-state index is 13.1. The minimum Gasteiger partial charge on any atom is -0.500 e. The van der Waals surface area contributed by atoms with Crippen molar-refractivity contribution in [2.75, 3.05) is 37.6 Å². The molecule has 1 fully saturated rings. The second-order valence-electron chi connectivity index (χ2n) is 9.01. The fourth-order valence-corrected chi connectivity index (χ4v) is 7.04. The van der Waals surface area contributed by atoms with E-state index in [-0.39, 0.29) is 99.9 Å². The van der Waals surface area contributed by atoms with E-state index >= 15 is 0 Å². The number of anilines is 1. The number of carbonyl (C=O) groups excluding carboxylic acids is 2. The fourth-order valence-electron chi connectivity index (χ4n) is 4.24. The maximum atomic E-state index is 13.1. The second-order valence-corrected chi connectivity index (χ2v) is 11.8. The number of carboxylic acid groups (broad SMARTS) is 1. The molecule has 1 saturated heterocycles. The van der Waals surface area contributed by atoms with E-state index in [1.165, 1.54) is 23.6 Å². The van der Waals surface area contributed by atoms with Crippen LogP contribution in [0.25, 0.3) is 0 Å². The zero-order valence-corrected chi connectivity index (χ0v) is 28.4. The number of nitrogens with zero attached hydrogens (tertiary/aromatic N) is 8. The largest absolute Gasteiger partial charge is 0.500 e. The number of fused-ring (bicyclic) bond motifs is 1. The molecule has 2 atom stereocenters. The quantitative estimate of drug-likeness (QED) is 0.0350. The van der Waals surface area contributed by atoms with Crippen molar-refractivity contribution in [1.29, 1.82) is 0 Å². The average molecular weight is 705 g/mol. The van der Waals surface area contributed by atoms with E-state index in [2.05, 4.69) is 40.3 Å². The van der Waals surface area contributed by atoms with E-state index in [9.17, 15) is 29.4 Å². The number of carbonyl (C=O) groups is 3. The van der Waals surface area contributed by atoms with Gasteiger partial charge in [-0.1, -0.05) is 16.9 Å². The Labute approximate surface area is 292 Å². The molecule has 0 saturated carbocycles. The van der Waals surface area contributed by atoms with Crippen LogP contribution in [0, 0.1) is 0 Å². The number of hydrogen-bond acceptors (Lipinski definition) is 18. The Morgan fingerprint density at radius 2 is 2.13 bits per heavy atom. The molecule has 3 aromatic rings. The van der Waals surface area contributed by atoms with Gasteiger partial charge in [0.05, 0.1) is 13.2 Å². The molecule has 46 heavy (non-hydrogen) atoms. The van der Waals surface area contributed by atoms with Crippen molar-refractivity contribution in [2.24, 2.45) is 5.16 Å². The van der Waals surface area contributed by atoms with Gasteiger partial charge in [-0.05, 0) is 16.0 Å². The molecular weight excluding hydrogens is 682 g/mol. The summed E-state index contributed by atoms with van der Waals surface area (Å²) in [5, 5.41) is 46.3. The number of β-lactam (4-membered cyclic amide) rings is 1. The normalized spacial score (nSPS) is 17.6. The SMILES string of the molecule is CO/N=C(\C(=O)N[C@@H]1C(=O)N2C(C(=O)O)=C(CSc3nnnn3Cc3cc(=O)c(O)c(OCCO)[nH]3)CS[C@H]12)c1nsc(N)n1.[Na]. The molecule has 0 unspecified atom stereocenters. The Kier molecular flexibility index (Phi) is 11.6. The number of carboxylic acids is 1. The van der Waals surface area contributed by atoms with Crippen LogP contribution in [0.5, 0.6) is 11.6 Å². The summed E-state index contributed by atoms with van der Waals surface area (Å²) in [7, 11) is 1.22. The van der Waals surface area contributed by atoms with Crippen LogP contribution in [0.4, 0.5) is 5.13 Å². The number of rotatable bonds is 13. The van der Waals surface area contributed by atoms with Crippen molar-refractivity contribution in [3.63, 3.8) is 0 Å². The van der Waals surface area contributed by atoms with Gasteiger partial charge >= 0.3 is 5.97 Å². The molecule has 2 aliphatic rings. The van der Waals surface area contributed by atoms with E-state index in [1.54, 1.807) is 0 Å². The number of nitrogen functional groups attached to an aromatic ring is 1. The number of aromatic amines is 1. The van der Waals surface area contributed by atoms with E-state index in [0.29, 0.717) is 5.57 Å². The Hall–Kier alpha value is -3.74. The summed E-state index contributed by atoms with van der Waals surface area (Å²) >= 11 is 3.20. The van der Waals surface area contributed by atoms with Crippen LogP contribution >= 0.6 is 35.1 Å². The molecule has 2 amide bonds. The van der Waals surface area contributed by atoms with Gasteiger partial charge in [-0.15, -0.1) is 16.9 Å². The third-order valence-corrected chi connectivity index (χ3v) is 9.07. The van der Waals surface area contributed by atoms with Crippen molar-refractivity contribution in [3.05, 3.63) is 39.1 Å². The summed E-state index contributed by atoms with van der Waals surface area (Å²) in [6.07, 6.45) is 0. The number of aromatic nitrogens is 7. The molecule has 20 nitrogen and oxygen atoms in total. The van der Waals surface area contributed by atoms with Crippen LogP contribution in [0.15, 0.2) is 32.4 Å². The maximum Gasteiger partial charge on any atom is 0.352 e. The van der Waals surface area contributed by atoms with Crippen molar-refractivity contribution < 1.29 is 39.3 Å². The molecule has 7 N–H and O–H groups in total. The van der Waals surface area contributed by atoms with Gasteiger partial charge in [0, 0.05) is 64.4 Å². The number of amides is 2. The number of tetrazole rings is 1. The molecule has 24 heteroatoms. The average Bonchev–Trinajstić information content (AvgIpc) is 3.65. The van der Waals surface area contributed by atoms with Gasteiger partial charge in [0.25, 0.3) is 11.8 Å². The Morgan fingerprint density at radius 3 is 2.80 bits per heavy atom. The molecular formula is C22H23N11NaO9S3. The molecule has 2 aliphatic heterocycles. The monoisotopic (exact) mass is 704 g/mol. The summed E-state index contributed by atoms with van der Waals surface area (Å²) in [4.78, 5) is 63.0. The third-order valence-electron chi connectivity index (χ3n) is 6.15. The minimum absolute atomic E-state index is 0. The van der Waals surface area contributed by atoms with E-state index in [4.69, 9.17) is 20.4 Å². The van der Waals surface area contributed by atoms with Crippen molar-refractivity contribution >= 4 is 93.2 Å². The van der Waals surface area contributed by atoms with Crippen LogP contribution < -0.4 is 21.2 Å². The number of thioether (sulfide) groups is 2. The van der Waals surface area contributed by atoms with Gasteiger partial charge < -0.3 is 40.9 Å². The molecule has 0 bridgehead atoms. The topological polar surface area (TPSA) is 286 Å². The van der Waals surface area contributed by atoms with Crippen molar-refractivity contribution in [3.8, 4) is 11.6 Å². The van der Waals surface area contributed by atoms with Gasteiger partial charge in [-0.3, -0.25) is 19.3 Å². The van der Waals surface area contributed by atoms with Crippen molar-refractivity contribution in [2.45, 2.75) is 23.1 Å². The summed E-state index contributed by atoms with van der Waals surface area (Å²) in [5.41, 5.74) is 5.07. The Morgan fingerprint density at radius 1 is 1.35 bits per heavy atom. The second kappa shape index (κ2) is 15.2. The number of ether oxygens (including phenoxy) is 1. The van der Waals surface area contributed by atoms with Crippen LogP contribution in [-0.4, -0.2) is 151 Å². The predicted octanol–water partition coefficient (Wildman–Crippen LogP) is -2.58. The van der Waals surface area contributed by atoms with Crippen molar-refractivity contribution in [1.82, 2.24) is 44.8 Å². The van der Waals surface area contributed by atoms with Crippen LogP contribution in [0.3, 0.4) is 0 Å².